The van der Waals surface area contributed by atoms with Gasteiger partial charge in [0.25, 0.3) is 0 Å². The van der Waals surface area contributed by atoms with E-state index in [9.17, 15) is 9.59 Å². The highest BCUT2D eigenvalue weighted by atomic mass is 28.3. The summed E-state index contributed by atoms with van der Waals surface area (Å²) in [5, 5.41) is 0.241. The summed E-state index contributed by atoms with van der Waals surface area (Å²) in [6.45, 7) is 18.7. The predicted molar refractivity (Wildman–Crippen MR) is 130 cm³/mol. The Labute approximate surface area is 195 Å². The van der Waals surface area contributed by atoms with Crippen molar-refractivity contribution in [1.82, 2.24) is 4.98 Å². The molecule has 1 saturated heterocycles. The quantitative estimate of drug-likeness (QED) is 0.462. The van der Waals surface area contributed by atoms with Gasteiger partial charge in [-0.2, -0.15) is 0 Å². The van der Waals surface area contributed by atoms with Crippen molar-refractivity contribution in [3.05, 3.63) is 11.6 Å². The Kier molecular flexibility index (Phi) is 4.94. The van der Waals surface area contributed by atoms with Gasteiger partial charge in [0, 0.05) is 18.4 Å². The normalized spacial score (nSPS) is 47.7. The number of hydrogen-bond acceptors (Lipinski definition) is 4. The summed E-state index contributed by atoms with van der Waals surface area (Å²) in [5.41, 5.74) is 1.35. The molecule has 0 aromatic heterocycles. The highest BCUT2D eigenvalue weighted by Crippen LogP contribution is 2.70. The van der Waals surface area contributed by atoms with Crippen LogP contribution in [0.3, 0.4) is 0 Å². The second kappa shape index (κ2) is 6.88. The number of ketones is 2. The Hall–Kier alpha value is -0.783. The van der Waals surface area contributed by atoms with Crippen LogP contribution in [0.2, 0.25) is 18.1 Å². The van der Waals surface area contributed by atoms with Gasteiger partial charge < -0.3 is 9.72 Å². The smallest absolute Gasteiger partial charge is 0.155 e. The van der Waals surface area contributed by atoms with Crippen LogP contribution < -0.4 is 4.98 Å². The lowest BCUT2D eigenvalue weighted by Crippen LogP contribution is -2.67. The third kappa shape index (κ3) is 3.06. The molecule has 0 aromatic carbocycles. The van der Waals surface area contributed by atoms with E-state index < -0.39 is 8.24 Å². The molecule has 1 aliphatic heterocycles. The van der Waals surface area contributed by atoms with Gasteiger partial charge in [-0.1, -0.05) is 47.7 Å². The molecule has 32 heavy (non-hydrogen) atoms. The lowest BCUT2D eigenvalue weighted by molar-refractivity contribution is -0.129. The van der Waals surface area contributed by atoms with Crippen molar-refractivity contribution < 1.29 is 14.3 Å². The molecule has 1 heterocycles. The van der Waals surface area contributed by atoms with Crippen molar-refractivity contribution in [2.45, 2.75) is 110 Å². The second-order valence-electron chi connectivity index (χ2n) is 13.8. The Morgan fingerprint density at radius 3 is 2.53 bits per heavy atom. The maximum atomic E-state index is 12.7. The average molecular weight is 458 g/mol. The van der Waals surface area contributed by atoms with E-state index in [1.54, 1.807) is 0 Å². The first-order valence-corrected chi connectivity index (χ1v) is 15.9. The summed E-state index contributed by atoms with van der Waals surface area (Å²) in [5.74, 6) is 2.33. The molecule has 3 saturated carbocycles. The fourth-order valence-corrected chi connectivity index (χ4v) is 10.1. The standard InChI is InChI=1S/C27H43NO3Si/c1-15(29)17-9-10-18-21-22(20(14-27(17,18)6)28-32(7,8)25(2,3)4)26(5)12-11-16(30)13-19(26)23-24(21)31-23/h13,17-18,20-24,28H,9-12,14H2,1-8H3/t17?,18?,20-,21?,22?,23-,24+,26?,27?/m1/s1. The number of hydrogen-bond donors (Lipinski definition) is 1. The number of epoxide rings is 1. The summed E-state index contributed by atoms with van der Waals surface area (Å²) in [4.78, 5) is 29.4. The molecule has 5 aliphatic rings. The summed E-state index contributed by atoms with van der Waals surface area (Å²) in [6, 6.07) is 0.369. The second-order valence-corrected chi connectivity index (χ2v) is 18.8. The molecule has 0 bridgehead atoms. The lowest BCUT2D eigenvalue weighted by Gasteiger charge is -2.61. The van der Waals surface area contributed by atoms with E-state index in [-0.39, 0.29) is 39.8 Å². The van der Waals surface area contributed by atoms with Crippen molar-refractivity contribution >= 4 is 19.8 Å². The van der Waals surface area contributed by atoms with Gasteiger partial charge >= 0.3 is 0 Å². The van der Waals surface area contributed by atoms with Crippen LogP contribution in [0, 0.1) is 34.5 Å². The van der Waals surface area contributed by atoms with Crippen LogP contribution in [-0.2, 0) is 14.3 Å². The zero-order valence-electron chi connectivity index (χ0n) is 21.4. The lowest BCUT2D eigenvalue weighted by atomic mass is 9.45. The van der Waals surface area contributed by atoms with E-state index in [0.29, 0.717) is 36.0 Å². The minimum absolute atomic E-state index is 0.0198. The van der Waals surface area contributed by atoms with Gasteiger partial charge in [0.05, 0.1) is 6.10 Å². The molecule has 9 atom stereocenters. The van der Waals surface area contributed by atoms with Gasteiger partial charge in [0.1, 0.15) is 20.1 Å². The van der Waals surface area contributed by atoms with Crippen molar-refractivity contribution in [2.75, 3.05) is 0 Å². The van der Waals surface area contributed by atoms with Crippen LogP contribution in [-0.4, -0.2) is 38.1 Å². The van der Waals surface area contributed by atoms with Gasteiger partial charge in [0.15, 0.2) is 5.78 Å². The van der Waals surface area contributed by atoms with Crippen molar-refractivity contribution in [3.8, 4) is 0 Å². The summed E-state index contributed by atoms with van der Waals surface area (Å²) in [6.07, 6.45) is 7.18. The molecule has 0 radical (unpaired) electrons. The molecule has 1 N–H and O–H groups in total. The van der Waals surface area contributed by atoms with E-state index in [0.717, 1.165) is 25.7 Å². The SMILES string of the molecule is CC(=O)C1CCC2C3C([C@H](N[Si](C)(C)C(C)(C)C)CC12C)C1(C)CCC(=O)C=C1[C@H]1O[C@@H]31. The topological polar surface area (TPSA) is 58.7 Å². The number of carbonyl (C=O) groups excluding carboxylic acids is 2. The number of rotatable bonds is 3. The molecule has 0 amide bonds. The fraction of sp³-hybridized carbons (Fsp3) is 0.852. The zero-order chi connectivity index (χ0) is 23.4. The van der Waals surface area contributed by atoms with Crippen LogP contribution in [0.1, 0.15) is 73.6 Å². The molecule has 4 fully saturated rings. The van der Waals surface area contributed by atoms with Gasteiger partial charge in [-0.05, 0) is 77.9 Å². The summed E-state index contributed by atoms with van der Waals surface area (Å²) >= 11 is 0. The predicted octanol–water partition coefficient (Wildman–Crippen LogP) is 5.28. The van der Waals surface area contributed by atoms with Crippen LogP contribution in [0.5, 0.6) is 0 Å². The molecule has 5 heteroatoms. The first-order chi connectivity index (χ1) is 14.7. The van der Waals surface area contributed by atoms with E-state index in [4.69, 9.17) is 4.74 Å². The summed E-state index contributed by atoms with van der Waals surface area (Å²) in [7, 11) is -1.77. The first kappa shape index (κ1) is 23.0. The van der Waals surface area contributed by atoms with E-state index >= 15 is 0 Å². The Bertz CT molecular complexity index is 888. The van der Waals surface area contributed by atoms with E-state index in [1.165, 1.54) is 5.57 Å². The highest BCUT2D eigenvalue weighted by Gasteiger charge is 2.71. The molecule has 0 spiro atoms. The maximum absolute atomic E-state index is 12.7. The minimum atomic E-state index is -1.77. The number of nitrogens with one attached hydrogen (secondary N) is 1. The highest BCUT2D eigenvalue weighted by molar-refractivity contribution is 6.77. The molecule has 4 nitrogen and oxygen atoms in total. The van der Waals surface area contributed by atoms with Gasteiger partial charge in [-0.15, -0.1) is 0 Å². The monoisotopic (exact) mass is 457 g/mol. The zero-order valence-corrected chi connectivity index (χ0v) is 22.4. The Morgan fingerprint density at radius 2 is 1.91 bits per heavy atom. The first-order valence-electron chi connectivity index (χ1n) is 12.9. The van der Waals surface area contributed by atoms with Crippen molar-refractivity contribution in [2.24, 2.45) is 34.5 Å². The molecule has 5 rings (SSSR count). The molecular weight excluding hydrogens is 414 g/mol. The Morgan fingerprint density at radius 1 is 1.22 bits per heavy atom. The van der Waals surface area contributed by atoms with Crippen LogP contribution in [0.15, 0.2) is 11.6 Å². The van der Waals surface area contributed by atoms with E-state index in [1.807, 2.05) is 13.0 Å². The largest absolute Gasteiger partial charge is 0.365 e. The third-order valence-electron chi connectivity index (χ3n) is 11.1. The average Bonchev–Trinajstić information content (AvgIpc) is 3.36. The molecular formula is C27H43NO3Si. The van der Waals surface area contributed by atoms with Gasteiger partial charge in [0.2, 0.25) is 0 Å². The molecule has 4 aliphatic carbocycles. The van der Waals surface area contributed by atoms with E-state index in [2.05, 4.69) is 52.7 Å². The fourth-order valence-electron chi connectivity index (χ4n) is 8.47. The summed E-state index contributed by atoms with van der Waals surface area (Å²) < 4.78 is 6.40. The van der Waals surface area contributed by atoms with Crippen LogP contribution >= 0.6 is 0 Å². The number of fused-ring (bicyclic) bond motifs is 8. The van der Waals surface area contributed by atoms with Crippen LogP contribution in [0.4, 0.5) is 0 Å². The van der Waals surface area contributed by atoms with Gasteiger partial charge in [-0.3, -0.25) is 9.59 Å². The van der Waals surface area contributed by atoms with Gasteiger partial charge in [-0.25, -0.2) is 0 Å². The molecule has 6 unspecified atom stereocenters. The minimum Gasteiger partial charge on any atom is -0.365 e. The number of carbonyl (C=O) groups is 2. The number of ether oxygens (including phenoxy) is 1. The number of Topliss-reactive ketones (excluding diaryl/α,β-unsaturated/α-hetero) is 1. The maximum Gasteiger partial charge on any atom is 0.155 e. The molecule has 0 aromatic rings. The van der Waals surface area contributed by atoms with Crippen LogP contribution in [0.25, 0.3) is 0 Å². The molecule has 178 valence electrons. The Balaban J connectivity index is 1.62. The van der Waals surface area contributed by atoms with Crippen molar-refractivity contribution in [3.63, 3.8) is 0 Å². The van der Waals surface area contributed by atoms with Crippen molar-refractivity contribution in [1.29, 1.82) is 0 Å². The third-order valence-corrected chi connectivity index (χ3v) is 16.0.